The van der Waals surface area contributed by atoms with Gasteiger partial charge in [-0.3, -0.25) is 9.59 Å². The number of rotatable bonds is 6. The second-order valence-corrected chi connectivity index (χ2v) is 4.71. The van der Waals surface area contributed by atoms with E-state index in [4.69, 9.17) is 4.74 Å². The summed E-state index contributed by atoms with van der Waals surface area (Å²) in [7, 11) is 1.65. The van der Waals surface area contributed by atoms with Crippen molar-refractivity contribution in [2.45, 2.75) is 13.8 Å². The van der Waals surface area contributed by atoms with Gasteiger partial charge < -0.3 is 15.0 Å². The fourth-order valence-corrected chi connectivity index (χ4v) is 1.91. The first-order valence-corrected chi connectivity index (χ1v) is 7.02. The van der Waals surface area contributed by atoms with Crippen molar-refractivity contribution in [3.63, 3.8) is 0 Å². The number of hydrogen-bond acceptors (Lipinski definition) is 6. The molecule has 0 unspecified atom stereocenters. The second-order valence-electron chi connectivity index (χ2n) is 3.85. The summed E-state index contributed by atoms with van der Waals surface area (Å²) in [5.74, 6) is -1.24. The van der Waals surface area contributed by atoms with Gasteiger partial charge in [-0.15, -0.1) is 11.3 Å². The molecule has 110 valence electrons. The second kappa shape index (κ2) is 7.59. The van der Waals surface area contributed by atoms with Crippen molar-refractivity contribution in [2.24, 2.45) is 0 Å². The molecule has 0 atom stereocenters. The first-order chi connectivity index (χ1) is 9.49. The molecule has 0 saturated heterocycles. The Balaban J connectivity index is 2.56. The zero-order chi connectivity index (χ0) is 15.1. The van der Waals surface area contributed by atoms with E-state index in [9.17, 15) is 14.4 Å². The van der Waals surface area contributed by atoms with E-state index in [2.05, 4.69) is 10.3 Å². The first kappa shape index (κ1) is 16.1. The molecule has 0 aliphatic rings. The van der Waals surface area contributed by atoms with E-state index in [1.807, 2.05) is 6.92 Å². The Morgan fingerprint density at radius 3 is 2.70 bits per heavy atom. The summed E-state index contributed by atoms with van der Waals surface area (Å²) in [5, 5.41) is 4.03. The van der Waals surface area contributed by atoms with Crippen LogP contribution in [0.25, 0.3) is 0 Å². The minimum absolute atomic E-state index is 0.102. The maximum Gasteiger partial charge on any atom is 0.367 e. The fourth-order valence-electron chi connectivity index (χ4n) is 1.22. The van der Waals surface area contributed by atoms with Crippen LogP contribution in [0.1, 0.15) is 34.1 Å². The Bertz CT molecular complexity index is 501. The normalized spacial score (nSPS) is 9.95. The zero-order valence-corrected chi connectivity index (χ0v) is 12.5. The molecule has 0 fully saturated rings. The van der Waals surface area contributed by atoms with Crippen LogP contribution in [0.3, 0.4) is 0 Å². The molecule has 0 aromatic carbocycles. The Morgan fingerprint density at radius 2 is 2.10 bits per heavy atom. The number of carbonyl (C=O) groups excluding carboxylic acids is 3. The summed E-state index contributed by atoms with van der Waals surface area (Å²) in [4.78, 5) is 40.1. The number of aromatic nitrogens is 1. The number of nitrogens with zero attached hydrogens (tertiary/aromatic N) is 2. The predicted octanol–water partition coefficient (Wildman–Crippen LogP) is 0.528. The average molecular weight is 299 g/mol. The van der Waals surface area contributed by atoms with Crippen molar-refractivity contribution in [3.8, 4) is 0 Å². The molecular weight excluding hydrogens is 282 g/mol. The summed E-state index contributed by atoms with van der Waals surface area (Å²) in [6.45, 7) is 4.24. The van der Waals surface area contributed by atoms with E-state index >= 15 is 0 Å². The maximum absolute atomic E-state index is 11.8. The topological polar surface area (TPSA) is 88.6 Å². The lowest BCUT2D eigenvalue weighted by Gasteiger charge is -2.14. The van der Waals surface area contributed by atoms with Crippen LogP contribution >= 0.6 is 11.3 Å². The highest BCUT2D eigenvalue weighted by atomic mass is 32.1. The molecule has 0 spiro atoms. The van der Waals surface area contributed by atoms with Crippen LogP contribution in [0.15, 0.2) is 5.38 Å². The van der Waals surface area contributed by atoms with Crippen molar-refractivity contribution in [2.75, 3.05) is 26.7 Å². The highest BCUT2D eigenvalue weighted by molar-refractivity contribution is 7.11. The largest absolute Gasteiger partial charge is 0.461 e. The molecule has 8 heteroatoms. The predicted molar refractivity (Wildman–Crippen MR) is 73.7 cm³/mol. The molecule has 0 bridgehead atoms. The standard InChI is InChI=1S/C12H17N3O4S/c1-4-15(3)9(16)6-13-10(17)8-7-20-11(14-8)12(18)19-5-2/h7H,4-6H2,1-3H3,(H,13,17). The van der Waals surface area contributed by atoms with Gasteiger partial charge in [-0.25, -0.2) is 9.78 Å². The summed E-state index contributed by atoms with van der Waals surface area (Å²) >= 11 is 1.03. The van der Waals surface area contributed by atoms with Gasteiger partial charge in [0.2, 0.25) is 10.9 Å². The molecule has 7 nitrogen and oxygen atoms in total. The van der Waals surface area contributed by atoms with Gasteiger partial charge in [-0.2, -0.15) is 0 Å². The Labute approximate surface area is 120 Å². The van der Waals surface area contributed by atoms with E-state index in [-0.39, 0.29) is 29.8 Å². The van der Waals surface area contributed by atoms with Gasteiger partial charge in [0, 0.05) is 19.0 Å². The number of carbonyl (C=O) groups is 3. The smallest absolute Gasteiger partial charge is 0.367 e. The highest BCUT2D eigenvalue weighted by Crippen LogP contribution is 2.11. The molecular formula is C12H17N3O4S. The lowest BCUT2D eigenvalue weighted by atomic mass is 10.4. The molecule has 0 aliphatic heterocycles. The fraction of sp³-hybridized carbons (Fsp3) is 0.500. The van der Waals surface area contributed by atoms with E-state index < -0.39 is 11.9 Å². The summed E-state index contributed by atoms with van der Waals surface area (Å²) < 4.78 is 4.78. The quantitative estimate of drug-likeness (QED) is 0.774. The van der Waals surface area contributed by atoms with Gasteiger partial charge in [0.1, 0.15) is 5.69 Å². The third-order valence-corrected chi connectivity index (χ3v) is 3.31. The van der Waals surface area contributed by atoms with Crippen LogP contribution in [0.5, 0.6) is 0 Å². The van der Waals surface area contributed by atoms with Crippen molar-refractivity contribution in [1.29, 1.82) is 0 Å². The van der Waals surface area contributed by atoms with Gasteiger partial charge in [-0.05, 0) is 13.8 Å². The molecule has 1 aromatic rings. The molecule has 1 heterocycles. The molecule has 1 aromatic heterocycles. The first-order valence-electron chi connectivity index (χ1n) is 6.14. The Morgan fingerprint density at radius 1 is 1.40 bits per heavy atom. The lowest BCUT2D eigenvalue weighted by molar-refractivity contribution is -0.128. The highest BCUT2D eigenvalue weighted by Gasteiger charge is 2.17. The van der Waals surface area contributed by atoms with Gasteiger partial charge in [0.15, 0.2) is 0 Å². The van der Waals surface area contributed by atoms with Crippen molar-refractivity contribution in [3.05, 3.63) is 16.1 Å². The van der Waals surface area contributed by atoms with Crippen LogP contribution in [0.4, 0.5) is 0 Å². The molecule has 0 radical (unpaired) electrons. The third-order valence-electron chi connectivity index (χ3n) is 2.49. The van der Waals surface area contributed by atoms with Crippen LogP contribution in [0.2, 0.25) is 0 Å². The monoisotopic (exact) mass is 299 g/mol. The SMILES string of the molecule is CCOC(=O)c1nc(C(=O)NCC(=O)N(C)CC)cs1. The van der Waals surface area contributed by atoms with Gasteiger partial charge in [0.05, 0.1) is 13.2 Å². The zero-order valence-electron chi connectivity index (χ0n) is 11.6. The van der Waals surface area contributed by atoms with Crippen LogP contribution in [-0.4, -0.2) is 54.4 Å². The van der Waals surface area contributed by atoms with Gasteiger partial charge in [0.25, 0.3) is 5.91 Å². The Kier molecular flexibility index (Phi) is 6.10. The van der Waals surface area contributed by atoms with Crippen LogP contribution < -0.4 is 5.32 Å². The molecule has 1 rings (SSSR count). The lowest BCUT2D eigenvalue weighted by Crippen LogP contribution is -2.38. The number of thiazole rings is 1. The molecule has 0 saturated carbocycles. The number of ether oxygens (including phenoxy) is 1. The molecule has 1 N–H and O–H groups in total. The summed E-state index contributed by atoms with van der Waals surface area (Å²) in [5.41, 5.74) is 0.102. The van der Waals surface area contributed by atoms with Gasteiger partial charge >= 0.3 is 5.97 Å². The summed E-state index contributed by atoms with van der Waals surface area (Å²) in [6, 6.07) is 0. The molecule has 0 aliphatic carbocycles. The number of esters is 1. The molecule has 20 heavy (non-hydrogen) atoms. The van der Waals surface area contributed by atoms with E-state index in [0.717, 1.165) is 11.3 Å². The van der Waals surface area contributed by atoms with Gasteiger partial charge in [-0.1, -0.05) is 0 Å². The van der Waals surface area contributed by atoms with Crippen LogP contribution in [0, 0.1) is 0 Å². The maximum atomic E-state index is 11.8. The number of hydrogen-bond donors (Lipinski definition) is 1. The number of amides is 2. The minimum atomic E-state index is -0.557. The Hall–Kier alpha value is -1.96. The van der Waals surface area contributed by atoms with Crippen molar-refractivity contribution >= 4 is 29.1 Å². The number of nitrogens with one attached hydrogen (secondary N) is 1. The average Bonchev–Trinajstić information content (AvgIpc) is 2.93. The third kappa shape index (κ3) is 4.30. The van der Waals surface area contributed by atoms with E-state index in [1.165, 1.54) is 10.3 Å². The minimum Gasteiger partial charge on any atom is -0.461 e. The number of likely N-dealkylation sites (N-methyl/N-ethyl adjacent to an activating group) is 1. The van der Waals surface area contributed by atoms with E-state index in [0.29, 0.717) is 6.54 Å². The molecule has 2 amide bonds. The van der Waals surface area contributed by atoms with E-state index in [1.54, 1.807) is 14.0 Å². The summed E-state index contributed by atoms with van der Waals surface area (Å²) in [6.07, 6.45) is 0. The van der Waals surface area contributed by atoms with Crippen molar-refractivity contribution in [1.82, 2.24) is 15.2 Å². The van der Waals surface area contributed by atoms with Crippen molar-refractivity contribution < 1.29 is 19.1 Å². The van der Waals surface area contributed by atoms with Crippen LogP contribution in [-0.2, 0) is 9.53 Å².